The highest BCUT2D eigenvalue weighted by molar-refractivity contribution is 6.05. The van der Waals surface area contributed by atoms with E-state index in [1.54, 1.807) is 12.1 Å². The Hall–Kier alpha value is -2.17. The van der Waals surface area contributed by atoms with Crippen molar-refractivity contribution in [3.8, 4) is 0 Å². The lowest BCUT2D eigenvalue weighted by atomic mass is 10.2. The van der Waals surface area contributed by atoms with Crippen molar-refractivity contribution in [2.45, 2.75) is 0 Å². The minimum Gasteiger partial charge on any atom is -0.285 e. The largest absolute Gasteiger partial charge is 0.285 e. The maximum Gasteiger partial charge on any atom is 0.274 e. The van der Waals surface area contributed by atoms with Crippen molar-refractivity contribution in [2.24, 2.45) is 0 Å². The van der Waals surface area contributed by atoms with Gasteiger partial charge in [-0.25, -0.2) is 5.01 Å². The van der Waals surface area contributed by atoms with E-state index < -0.39 is 0 Å². The molecule has 4 nitrogen and oxygen atoms in total. The van der Waals surface area contributed by atoms with Crippen LogP contribution in [0.4, 0.5) is 5.69 Å². The van der Waals surface area contributed by atoms with Crippen LogP contribution in [0.1, 0.15) is 10.4 Å². The number of hydrogen-bond acceptors (Lipinski definition) is 3. The summed E-state index contributed by atoms with van der Waals surface area (Å²) in [7, 11) is 1.47. The molecule has 0 unspecified atom stereocenters. The lowest BCUT2D eigenvalue weighted by Gasteiger charge is -2.21. The molecule has 0 heterocycles. The van der Waals surface area contributed by atoms with Gasteiger partial charge in [-0.2, -0.15) is 0 Å². The number of nitrogens with one attached hydrogen (secondary N) is 1. The van der Waals surface area contributed by atoms with Gasteiger partial charge in [-0.1, -0.05) is 36.4 Å². The van der Waals surface area contributed by atoms with Gasteiger partial charge >= 0.3 is 0 Å². The molecule has 0 bridgehead atoms. The van der Waals surface area contributed by atoms with E-state index in [2.05, 4.69) is 5.59 Å². The van der Waals surface area contributed by atoms with Crippen LogP contribution in [0.2, 0.25) is 0 Å². The van der Waals surface area contributed by atoms with Gasteiger partial charge in [-0.3, -0.25) is 9.63 Å². The molecule has 4 heteroatoms. The van der Waals surface area contributed by atoms with Crippen molar-refractivity contribution >= 4 is 11.6 Å². The monoisotopic (exact) mass is 242 g/mol. The van der Waals surface area contributed by atoms with Crippen molar-refractivity contribution in [3.63, 3.8) is 0 Å². The minimum atomic E-state index is -0.177. The summed E-state index contributed by atoms with van der Waals surface area (Å²) in [5.41, 5.74) is 3.89. The third kappa shape index (κ3) is 2.74. The maximum absolute atomic E-state index is 12.3. The van der Waals surface area contributed by atoms with Crippen LogP contribution in [0.25, 0.3) is 0 Å². The molecule has 0 fully saturated rings. The summed E-state index contributed by atoms with van der Waals surface area (Å²) in [5.74, 6) is -0.177. The fourth-order valence-electron chi connectivity index (χ4n) is 1.59. The number of amides is 1. The Morgan fingerprint density at radius 3 is 2.11 bits per heavy atom. The first-order valence-electron chi connectivity index (χ1n) is 5.56. The van der Waals surface area contributed by atoms with Crippen LogP contribution in [0.3, 0.4) is 0 Å². The Balaban J connectivity index is 2.29. The van der Waals surface area contributed by atoms with E-state index in [1.165, 1.54) is 12.1 Å². The highest BCUT2D eigenvalue weighted by Gasteiger charge is 2.16. The van der Waals surface area contributed by atoms with Crippen LogP contribution in [-0.2, 0) is 4.84 Å². The number of benzene rings is 2. The Bertz CT molecular complexity index is 500. The predicted molar refractivity (Wildman–Crippen MR) is 69.8 cm³/mol. The molecule has 2 rings (SSSR count). The zero-order valence-electron chi connectivity index (χ0n) is 10.0. The Kier molecular flexibility index (Phi) is 4.06. The molecular weight excluding hydrogens is 228 g/mol. The van der Waals surface area contributed by atoms with Crippen molar-refractivity contribution in [2.75, 3.05) is 12.1 Å². The maximum atomic E-state index is 12.3. The molecule has 0 radical (unpaired) electrons. The lowest BCUT2D eigenvalue weighted by molar-refractivity contribution is 0.0654. The van der Waals surface area contributed by atoms with Gasteiger partial charge in [0.15, 0.2) is 0 Å². The zero-order chi connectivity index (χ0) is 12.8. The molecule has 0 aliphatic heterocycles. The molecule has 2 aromatic carbocycles. The van der Waals surface area contributed by atoms with Gasteiger partial charge in [0.1, 0.15) is 0 Å². The standard InChI is InChI=1S/C14H14N2O2/c1-18-15-16(13-10-6-3-7-11-13)14(17)12-8-4-2-5-9-12/h2-11,15H,1H3. The summed E-state index contributed by atoms with van der Waals surface area (Å²) in [4.78, 5) is 17.2. The predicted octanol–water partition coefficient (Wildman–Crippen LogP) is 2.40. The molecular formula is C14H14N2O2. The molecule has 92 valence electrons. The molecule has 18 heavy (non-hydrogen) atoms. The number of rotatable bonds is 4. The van der Waals surface area contributed by atoms with E-state index in [4.69, 9.17) is 4.84 Å². The second kappa shape index (κ2) is 5.95. The first-order valence-corrected chi connectivity index (χ1v) is 5.56. The Morgan fingerprint density at radius 2 is 1.56 bits per heavy atom. The number of carbonyl (C=O) groups is 1. The normalized spacial score (nSPS) is 10.1. The second-order valence-corrected chi connectivity index (χ2v) is 3.64. The highest BCUT2D eigenvalue weighted by atomic mass is 16.7. The molecule has 2 aromatic rings. The molecule has 0 saturated carbocycles. The SMILES string of the molecule is CONN(C(=O)c1ccccc1)c1ccccc1. The smallest absolute Gasteiger partial charge is 0.274 e. The first kappa shape index (κ1) is 12.3. The number of hydrazine groups is 1. The second-order valence-electron chi connectivity index (χ2n) is 3.64. The van der Waals surface area contributed by atoms with Crippen molar-refractivity contribution < 1.29 is 9.63 Å². The summed E-state index contributed by atoms with van der Waals surface area (Å²) < 4.78 is 0. The van der Waals surface area contributed by atoms with E-state index in [0.717, 1.165) is 0 Å². The Morgan fingerprint density at radius 1 is 1.00 bits per heavy atom. The fourth-order valence-corrected chi connectivity index (χ4v) is 1.59. The van der Waals surface area contributed by atoms with E-state index in [1.807, 2.05) is 48.5 Å². The third-order valence-corrected chi connectivity index (χ3v) is 2.42. The number of nitrogens with zero attached hydrogens (tertiary/aromatic N) is 1. The van der Waals surface area contributed by atoms with Crippen LogP contribution < -0.4 is 10.6 Å². The van der Waals surface area contributed by atoms with Gasteiger partial charge in [0.2, 0.25) is 0 Å². The van der Waals surface area contributed by atoms with Crippen LogP contribution in [0.5, 0.6) is 0 Å². The van der Waals surface area contributed by atoms with E-state index >= 15 is 0 Å². The van der Waals surface area contributed by atoms with E-state index in [-0.39, 0.29) is 5.91 Å². The fraction of sp³-hybridized carbons (Fsp3) is 0.0714. The van der Waals surface area contributed by atoms with Crippen LogP contribution in [-0.4, -0.2) is 13.0 Å². The first-order chi connectivity index (χ1) is 8.83. The van der Waals surface area contributed by atoms with Gasteiger partial charge in [-0.15, -0.1) is 5.59 Å². The van der Waals surface area contributed by atoms with Gasteiger partial charge in [0.25, 0.3) is 5.91 Å². The van der Waals surface area contributed by atoms with Crippen molar-refractivity contribution in [3.05, 3.63) is 66.2 Å². The minimum absolute atomic E-state index is 0.177. The number of anilines is 1. The number of para-hydroxylation sites is 1. The molecule has 0 spiro atoms. The molecule has 0 atom stereocenters. The molecule has 0 saturated heterocycles. The number of hydrogen-bond donors (Lipinski definition) is 1. The summed E-state index contributed by atoms with van der Waals surface area (Å²) in [5, 5.41) is 1.36. The van der Waals surface area contributed by atoms with Crippen LogP contribution >= 0.6 is 0 Å². The topological polar surface area (TPSA) is 41.6 Å². The summed E-state index contributed by atoms with van der Waals surface area (Å²) in [6.07, 6.45) is 0. The lowest BCUT2D eigenvalue weighted by Crippen LogP contribution is -2.42. The Labute approximate surface area is 106 Å². The average molecular weight is 242 g/mol. The molecule has 1 N–H and O–H groups in total. The molecule has 0 aliphatic carbocycles. The third-order valence-electron chi connectivity index (χ3n) is 2.42. The van der Waals surface area contributed by atoms with Gasteiger partial charge < -0.3 is 0 Å². The molecule has 1 amide bonds. The van der Waals surface area contributed by atoms with Crippen molar-refractivity contribution in [1.29, 1.82) is 0 Å². The molecule has 0 aliphatic rings. The van der Waals surface area contributed by atoms with Gasteiger partial charge in [0, 0.05) is 5.56 Å². The highest BCUT2D eigenvalue weighted by Crippen LogP contribution is 2.14. The van der Waals surface area contributed by atoms with Gasteiger partial charge in [-0.05, 0) is 24.3 Å². The van der Waals surface area contributed by atoms with Crippen LogP contribution in [0, 0.1) is 0 Å². The van der Waals surface area contributed by atoms with Crippen LogP contribution in [0.15, 0.2) is 60.7 Å². The molecule has 0 aromatic heterocycles. The number of carbonyl (C=O) groups excluding carboxylic acids is 1. The van der Waals surface area contributed by atoms with Gasteiger partial charge in [0.05, 0.1) is 12.8 Å². The van der Waals surface area contributed by atoms with E-state index in [9.17, 15) is 4.79 Å². The summed E-state index contributed by atoms with van der Waals surface area (Å²) in [6.45, 7) is 0. The average Bonchev–Trinajstić information content (AvgIpc) is 2.46. The summed E-state index contributed by atoms with van der Waals surface area (Å²) in [6, 6.07) is 18.3. The van der Waals surface area contributed by atoms with Crippen molar-refractivity contribution in [1.82, 2.24) is 5.59 Å². The van der Waals surface area contributed by atoms with E-state index in [0.29, 0.717) is 11.3 Å². The zero-order valence-corrected chi connectivity index (χ0v) is 10.0. The quantitative estimate of drug-likeness (QED) is 0.837. The summed E-state index contributed by atoms with van der Waals surface area (Å²) >= 11 is 0.